The number of nitrogens with one attached hydrogen (secondary N) is 1. The molecule has 1 spiro atoms. The normalized spacial score (nSPS) is 21.6. The molecule has 0 aromatic carbocycles. The van der Waals surface area contributed by atoms with Crippen LogP contribution in [-0.4, -0.2) is 22.3 Å². The number of amidine groups is 1. The van der Waals surface area contributed by atoms with Crippen molar-refractivity contribution in [3.63, 3.8) is 0 Å². The molecule has 3 rings (SSSR count). The lowest BCUT2D eigenvalue weighted by molar-refractivity contribution is -0.126. The van der Waals surface area contributed by atoms with Gasteiger partial charge in [0.05, 0.1) is 0 Å². The van der Waals surface area contributed by atoms with Gasteiger partial charge in [-0.1, -0.05) is 11.6 Å². The van der Waals surface area contributed by atoms with Crippen molar-refractivity contribution in [1.29, 1.82) is 0 Å². The van der Waals surface area contributed by atoms with E-state index in [4.69, 9.17) is 11.6 Å². The molecule has 1 amide bonds. The van der Waals surface area contributed by atoms with Gasteiger partial charge in [-0.2, -0.15) is 0 Å². The lowest BCUT2D eigenvalue weighted by Gasteiger charge is -2.31. The van der Waals surface area contributed by atoms with E-state index in [0.29, 0.717) is 11.0 Å². The number of halogens is 1. The second-order valence-electron chi connectivity index (χ2n) is 4.17. The number of aliphatic imine (C=N–C) groups is 1. The molecule has 1 aliphatic carbocycles. The number of rotatable bonds is 1. The quantitative estimate of drug-likeness (QED) is 0.751. The SMILES string of the molecule is O=C1NC(c2ccc(Cl)nc2)=NC12CCC2. The number of hydrogen-bond donors (Lipinski definition) is 1. The van der Waals surface area contributed by atoms with Gasteiger partial charge in [-0.25, -0.2) is 4.98 Å². The number of aromatic nitrogens is 1. The lowest BCUT2D eigenvalue weighted by Crippen LogP contribution is -2.45. The van der Waals surface area contributed by atoms with Crippen molar-refractivity contribution >= 4 is 23.3 Å². The third-order valence-corrected chi connectivity index (χ3v) is 3.39. The van der Waals surface area contributed by atoms with Gasteiger partial charge in [0.1, 0.15) is 16.5 Å². The van der Waals surface area contributed by atoms with E-state index in [-0.39, 0.29) is 5.91 Å². The highest BCUT2D eigenvalue weighted by Crippen LogP contribution is 2.38. The third-order valence-electron chi connectivity index (χ3n) is 3.16. The Bertz CT molecular complexity index is 477. The van der Waals surface area contributed by atoms with Crippen LogP contribution in [-0.2, 0) is 4.79 Å². The zero-order valence-electron chi connectivity index (χ0n) is 8.53. The van der Waals surface area contributed by atoms with Gasteiger partial charge < -0.3 is 5.32 Å². The maximum Gasteiger partial charge on any atom is 0.253 e. The molecule has 0 saturated heterocycles. The number of carbonyl (C=O) groups is 1. The van der Waals surface area contributed by atoms with Crippen LogP contribution in [0.15, 0.2) is 23.3 Å². The predicted octanol–water partition coefficient (Wildman–Crippen LogP) is 1.53. The van der Waals surface area contributed by atoms with E-state index in [2.05, 4.69) is 15.3 Å². The molecule has 1 aromatic heterocycles. The molecule has 1 aliphatic heterocycles. The van der Waals surface area contributed by atoms with Crippen molar-refractivity contribution in [3.05, 3.63) is 29.0 Å². The fourth-order valence-electron chi connectivity index (χ4n) is 2.02. The maximum absolute atomic E-state index is 11.8. The first-order valence-corrected chi connectivity index (χ1v) is 5.61. The van der Waals surface area contributed by atoms with E-state index >= 15 is 0 Å². The second kappa shape index (κ2) is 3.28. The van der Waals surface area contributed by atoms with Crippen molar-refractivity contribution in [2.24, 2.45) is 4.99 Å². The van der Waals surface area contributed by atoms with E-state index in [0.717, 1.165) is 24.8 Å². The zero-order valence-corrected chi connectivity index (χ0v) is 9.29. The highest BCUT2D eigenvalue weighted by atomic mass is 35.5. The molecule has 0 radical (unpaired) electrons. The van der Waals surface area contributed by atoms with E-state index in [1.54, 1.807) is 12.3 Å². The fraction of sp³-hybridized carbons (Fsp3) is 0.364. The Morgan fingerprint density at radius 2 is 2.19 bits per heavy atom. The molecular weight excluding hydrogens is 226 g/mol. The predicted molar refractivity (Wildman–Crippen MR) is 60.5 cm³/mol. The van der Waals surface area contributed by atoms with E-state index in [9.17, 15) is 4.79 Å². The van der Waals surface area contributed by atoms with Crippen molar-refractivity contribution in [3.8, 4) is 0 Å². The van der Waals surface area contributed by atoms with Gasteiger partial charge in [0.2, 0.25) is 0 Å². The molecule has 4 nitrogen and oxygen atoms in total. The standard InChI is InChI=1S/C11H10ClN3O/c12-8-3-2-7(6-13-8)9-14-10(16)11(15-9)4-1-5-11/h2-3,6H,1,4-5H2,(H,14,15,16). The van der Waals surface area contributed by atoms with Crippen LogP contribution in [0.4, 0.5) is 0 Å². The molecule has 16 heavy (non-hydrogen) atoms. The number of nitrogens with zero attached hydrogens (tertiary/aromatic N) is 2. The average molecular weight is 236 g/mol. The molecular formula is C11H10ClN3O. The van der Waals surface area contributed by atoms with Gasteiger partial charge >= 0.3 is 0 Å². The Labute approximate surface area is 97.7 Å². The first-order valence-electron chi connectivity index (χ1n) is 5.23. The number of pyridine rings is 1. The minimum absolute atomic E-state index is 0.0173. The van der Waals surface area contributed by atoms with Crippen LogP contribution in [0.25, 0.3) is 0 Å². The number of hydrogen-bond acceptors (Lipinski definition) is 3. The van der Waals surface area contributed by atoms with Crippen LogP contribution >= 0.6 is 11.6 Å². The molecule has 0 unspecified atom stereocenters. The Hall–Kier alpha value is -1.42. The summed E-state index contributed by atoms with van der Waals surface area (Å²) in [6, 6.07) is 3.50. The largest absolute Gasteiger partial charge is 0.308 e. The summed E-state index contributed by atoms with van der Waals surface area (Å²) in [5.41, 5.74) is 0.330. The summed E-state index contributed by atoms with van der Waals surface area (Å²) in [5.74, 6) is 0.637. The summed E-state index contributed by atoms with van der Waals surface area (Å²) >= 11 is 5.70. The summed E-state index contributed by atoms with van der Waals surface area (Å²) in [6.45, 7) is 0. The van der Waals surface area contributed by atoms with Crippen molar-refractivity contribution in [2.75, 3.05) is 0 Å². The van der Waals surface area contributed by atoms with Gasteiger partial charge in [0, 0.05) is 11.8 Å². The maximum atomic E-state index is 11.8. The molecule has 5 heteroatoms. The van der Waals surface area contributed by atoms with Crippen molar-refractivity contribution in [1.82, 2.24) is 10.3 Å². The van der Waals surface area contributed by atoms with Crippen molar-refractivity contribution in [2.45, 2.75) is 24.8 Å². The van der Waals surface area contributed by atoms with E-state index in [1.807, 2.05) is 6.07 Å². The van der Waals surface area contributed by atoms with Crippen LogP contribution in [0.3, 0.4) is 0 Å². The Balaban J connectivity index is 1.94. The summed E-state index contributed by atoms with van der Waals surface area (Å²) in [7, 11) is 0. The monoisotopic (exact) mass is 235 g/mol. The summed E-state index contributed by atoms with van der Waals surface area (Å²) in [6.07, 6.45) is 4.40. The highest BCUT2D eigenvalue weighted by Gasteiger charge is 2.48. The van der Waals surface area contributed by atoms with Gasteiger partial charge in [0.15, 0.2) is 0 Å². The molecule has 0 bridgehead atoms. The smallest absolute Gasteiger partial charge is 0.253 e. The van der Waals surface area contributed by atoms with E-state index in [1.165, 1.54) is 0 Å². The zero-order chi connectivity index (χ0) is 11.2. The van der Waals surface area contributed by atoms with Crippen LogP contribution in [0, 0.1) is 0 Å². The Kier molecular flexibility index (Phi) is 2.01. The molecule has 0 atom stereocenters. The lowest BCUT2D eigenvalue weighted by atomic mass is 9.77. The van der Waals surface area contributed by atoms with Gasteiger partial charge in [-0.3, -0.25) is 9.79 Å². The van der Waals surface area contributed by atoms with E-state index < -0.39 is 5.54 Å². The molecule has 1 fully saturated rings. The Morgan fingerprint density at radius 3 is 2.69 bits per heavy atom. The third kappa shape index (κ3) is 1.33. The minimum Gasteiger partial charge on any atom is -0.308 e. The van der Waals surface area contributed by atoms with Crippen LogP contribution in [0.1, 0.15) is 24.8 Å². The molecule has 1 aromatic rings. The highest BCUT2D eigenvalue weighted by molar-refractivity contribution is 6.29. The van der Waals surface area contributed by atoms with Crippen LogP contribution < -0.4 is 5.32 Å². The minimum atomic E-state index is -0.477. The first-order chi connectivity index (χ1) is 7.70. The fourth-order valence-corrected chi connectivity index (χ4v) is 2.13. The molecule has 2 aliphatic rings. The van der Waals surface area contributed by atoms with Gasteiger partial charge in [-0.05, 0) is 31.4 Å². The summed E-state index contributed by atoms with van der Waals surface area (Å²) in [5, 5.41) is 3.25. The van der Waals surface area contributed by atoms with Gasteiger partial charge in [0.25, 0.3) is 5.91 Å². The number of carbonyl (C=O) groups excluding carboxylic acids is 1. The molecule has 2 heterocycles. The Morgan fingerprint density at radius 1 is 1.38 bits per heavy atom. The van der Waals surface area contributed by atoms with Crippen LogP contribution in [0.2, 0.25) is 5.15 Å². The second-order valence-corrected chi connectivity index (χ2v) is 4.56. The molecule has 1 N–H and O–H groups in total. The topological polar surface area (TPSA) is 54.4 Å². The van der Waals surface area contributed by atoms with Crippen LogP contribution in [0.5, 0.6) is 0 Å². The molecule has 1 saturated carbocycles. The van der Waals surface area contributed by atoms with Crippen molar-refractivity contribution < 1.29 is 4.79 Å². The summed E-state index contributed by atoms with van der Waals surface area (Å²) in [4.78, 5) is 20.2. The molecule has 82 valence electrons. The number of amides is 1. The summed E-state index contributed by atoms with van der Waals surface area (Å²) < 4.78 is 0. The first kappa shape index (κ1) is 9.78. The average Bonchev–Trinajstić information content (AvgIpc) is 2.57. The van der Waals surface area contributed by atoms with Gasteiger partial charge in [-0.15, -0.1) is 0 Å².